The van der Waals surface area contributed by atoms with Crippen molar-refractivity contribution in [2.45, 2.75) is 44.5 Å². The first kappa shape index (κ1) is 13.8. The number of rotatable bonds is 4. The van der Waals surface area contributed by atoms with Crippen molar-refractivity contribution in [3.63, 3.8) is 0 Å². The largest absolute Gasteiger partial charge is 0.321 e. The third-order valence-corrected chi connectivity index (χ3v) is 4.13. The Balaban J connectivity index is 2.18. The molecule has 0 aliphatic heterocycles. The Bertz CT molecular complexity index is 647. The van der Waals surface area contributed by atoms with Crippen LogP contribution in [0.25, 0.3) is 11.0 Å². The maximum absolute atomic E-state index is 14.2. The van der Waals surface area contributed by atoms with Crippen LogP contribution in [-0.2, 0) is 0 Å². The first-order chi connectivity index (χ1) is 9.49. The molecule has 2 nitrogen and oxygen atoms in total. The van der Waals surface area contributed by atoms with Gasteiger partial charge >= 0.3 is 0 Å². The van der Waals surface area contributed by atoms with E-state index in [0.717, 1.165) is 12.5 Å². The van der Waals surface area contributed by atoms with Gasteiger partial charge in [0.1, 0.15) is 11.3 Å². The second-order valence-electron chi connectivity index (χ2n) is 5.71. The summed E-state index contributed by atoms with van der Waals surface area (Å²) < 4.78 is 29.5. The Morgan fingerprint density at radius 2 is 2.05 bits per heavy atom. The van der Waals surface area contributed by atoms with Gasteiger partial charge in [-0.25, -0.2) is 13.8 Å². The molecule has 0 radical (unpaired) electrons. The van der Waals surface area contributed by atoms with E-state index in [1.807, 2.05) is 6.92 Å². The van der Waals surface area contributed by atoms with E-state index in [0.29, 0.717) is 17.3 Å². The first-order valence-electron chi connectivity index (χ1n) is 6.99. The zero-order chi connectivity index (χ0) is 14.4. The van der Waals surface area contributed by atoms with Gasteiger partial charge in [-0.3, -0.25) is 0 Å². The minimum atomic E-state index is -0.842. The van der Waals surface area contributed by atoms with Gasteiger partial charge in [-0.15, -0.1) is 11.6 Å². The second-order valence-corrected chi connectivity index (χ2v) is 6.37. The molecule has 108 valence electrons. The van der Waals surface area contributed by atoms with E-state index >= 15 is 0 Å². The number of hydrogen-bond acceptors (Lipinski definition) is 1. The van der Waals surface area contributed by atoms with Gasteiger partial charge in [-0.05, 0) is 38.3 Å². The Morgan fingerprint density at radius 3 is 2.65 bits per heavy atom. The van der Waals surface area contributed by atoms with Crippen LogP contribution < -0.4 is 0 Å². The zero-order valence-corrected chi connectivity index (χ0v) is 12.3. The molecule has 1 aliphatic carbocycles. The van der Waals surface area contributed by atoms with Crippen molar-refractivity contribution in [1.29, 1.82) is 0 Å². The van der Waals surface area contributed by atoms with Crippen LogP contribution in [0.1, 0.15) is 50.4 Å². The van der Waals surface area contributed by atoms with Crippen LogP contribution in [0.4, 0.5) is 8.78 Å². The van der Waals surface area contributed by atoms with Crippen LogP contribution >= 0.6 is 11.6 Å². The highest BCUT2D eigenvalue weighted by atomic mass is 35.5. The lowest BCUT2D eigenvalue weighted by Gasteiger charge is -2.18. The third-order valence-electron chi connectivity index (χ3n) is 3.94. The predicted octanol–water partition coefficient (Wildman–Crippen LogP) is 4.98. The highest BCUT2D eigenvalue weighted by molar-refractivity contribution is 6.20. The van der Waals surface area contributed by atoms with E-state index in [9.17, 15) is 8.78 Å². The maximum Gasteiger partial charge on any atom is 0.184 e. The molecular weight excluding hydrogens is 282 g/mol. The van der Waals surface area contributed by atoms with Gasteiger partial charge in [0.25, 0.3) is 0 Å². The average Bonchev–Trinajstić information content (AvgIpc) is 3.10. The van der Waals surface area contributed by atoms with Crippen molar-refractivity contribution in [3.05, 3.63) is 29.6 Å². The smallest absolute Gasteiger partial charge is 0.184 e. The SMILES string of the molecule is CC(Cl)c1nc2ccc(F)c(F)c2n1C(C)CC1CC1. The van der Waals surface area contributed by atoms with Crippen LogP contribution in [0.15, 0.2) is 12.1 Å². The molecule has 1 saturated carbocycles. The summed E-state index contributed by atoms with van der Waals surface area (Å²) in [5, 5.41) is -0.341. The van der Waals surface area contributed by atoms with Crippen LogP contribution in [0.5, 0.6) is 0 Å². The molecule has 0 N–H and O–H groups in total. The number of aromatic nitrogens is 2. The van der Waals surface area contributed by atoms with E-state index < -0.39 is 11.6 Å². The standard InChI is InChI=1S/C15H17ClF2N2/c1-8(7-10-3-4-10)20-14-12(19-15(20)9(2)16)6-5-11(17)13(14)18/h5-6,8-10H,3-4,7H2,1-2H3. The highest BCUT2D eigenvalue weighted by Gasteiger charge is 2.28. The van der Waals surface area contributed by atoms with E-state index in [-0.39, 0.29) is 16.9 Å². The molecule has 1 aliphatic rings. The first-order valence-corrected chi connectivity index (χ1v) is 7.42. The van der Waals surface area contributed by atoms with Gasteiger partial charge in [0.15, 0.2) is 11.6 Å². The summed E-state index contributed by atoms with van der Waals surface area (Å²) in [7, 11) is 0. The van der Waals surface area contributed by atoms with Gasteiger partial charge in [0.05, 0.1) is 10.9 Å². The molecule has 1 fully saturated rings. The summed E-state index contributed by atoms with van der Waals surface area (Å²) in [6.07, 6.45) is 3.40. The predicted molar refractivity (Wildman–Crippen MR) is 76.0 cm³/mol. The number of fused-ring (bicyclic) bond motifs is 1. The number of alkyl halides is 1. The summed E-state index contributed by atoms with van der Waals surface area (Å²) in [6, 6.07) is 2.69. The molecule has 3 rings (SSSR count). The summed E-state index contributed by atoms with van der Waals surface area (Å²) in [5.74, 6) is -0.371. The fraction of sp³-hybridized carbons (Fsp3) is 0.533. The van der Waals surface area contributed by atoms with E-state index in [1.165, 1.54) is 18.9 Å². The molecule has 0 spiro atoms. The van der Waals surface area contributed by atoms with Crippen molar-refractivity contribution in [3.8, 4) is 0 Å². The number of benzene rings is 1. The zero-order valence-electron chi connectivity index (χ0n) is 11.5. The number of hydrogen-bond donors (Lipinski definition) is 0. The normalized spacial score (nSPS) is 18.4. The van der Waals surface area contributed by atoms with E-state index in [2.05, 4.69) is 4.98 Å². The highest BCUT2D eigenvalue weighted by Crippen LogP contribution is 2.39. The van der Waals surface area contributed by atoms with Gasteiger partial charge in [0.2, 0.25) is 0 Å². The Kier molecular flexibility index (Phi) is 3.44. The molecule has 2 aromatic rings. The molecule has 5 heteroatoms. The molecule has 0 saturated heterocycles. The Morgan fingerprint density at radius 1 is 1.35 bits per heavy atom. The van der Waals surface area contributed by atoms with Crippen LogP contribution in [0.3, 0.4) is 0 Å². The fourth-order valence-corrected chi connectivity index (χ4v) is 2.96. The van der Waals surface area contributed by atoms with Crippen molar-refractivity contribution >= 4 is 22.6 Å². The molecule has 1 aromatic heterocycles. The topological polar surface area (TPSA) is 17.8 Å². The van der Waals surface area contributed by atoms with Crippen molar-refractivity contribution in [1.82, 2.24) is 9.55 Å². The number of nitrogens with zero attached hydrogens (tertiary/aromatic N) is 2. The lowest BCUT2D eigenvalue weighted by Crippen LogP contribution is -2.11. The fourth-order valence-electron chi connectivity index (χ4n) is 2.81. The summed E-state index contributed by atoms with van der Waals surface area (Å²) in [6.45, 7) is 3.82. The monoisotopic (exact) mass is 298 g/mol. The van der Waals surface area contributed by atoms with E-state index in [4.69, 9.17) is 11.6 Å². The number of imidazole rings is 1. The Hall–Kier alpha value is -1.16. The van der Waals surface area contributed by atoms with Crippen LogP contribution in [-0.4, -0.2) is 9.55 Å². The van der Waals surface area contributed by atoms with Crippen LogP contribution in [0.2, 0.25) is 0 Å². The second kappa shape index (κ2) is 4.99. The third kappa shape index (κ3) is 2.30. The molecular formula is C15H17ClF2N2. The van der Waals surface area contributed by atoms with Gasteiger partial charge in [-0.1, -0.05) is 12.8 Å². The lowest BCUT2D eigenvalue weighted by molar-refractivity contribution is 0.459. The van der Waals surface area contributed by atoms with Crippen molar-refractivity contribution < 1.29 is 8.78 Å². The van der Waals surface area contributed by atoms with Crippen molar-refractivity contribution in [2.75, 3.05) is 0 Å². The average molecular weight is 299 g/mol. The minimum Gasteiger partial charge on any atom is -0.321 e. The van der Waals surface area contributed by atoms with Gasteiger partial charge in [-0.2, -0.15) is 0 Å². The molecule has 20 heavy (non-hydrogen) atoms. The quantitative estimate of drug-likeness (QED) is 0.728. The van der Waals surface area contributed by atoms with Gasteiger partial charge < -0.3 is 4.57 Å². The number of halogens is 3. The van der Waals surface area contributed by atoms with E-state index in [1.54, 1.807) is 11.5 Å². The molecule has 2 unspecified atom stereocenters. The summed E-state index contributed by atoms with van der Waals surface area (Å²) in [4.78, 5) is 4.39. The maximum atomic E-state index is 14.2. The summed E-state index contributed by atoms with van der Waals surface area (Å²) in [5.41, 5.74) is 0.703. The van der Waals surface area contributed by atoms with Gasteiger partial charge in [0, 0.05) is 6.04 Å². The molecule has 1 aromatic carbocycles. The Labute approximate surface area is 121 Å². The van der Waals surface area contributed by atoms with Crippen molar-refractivity contribution in [2.24, 2.45) is 5.92 Å². The molecule has 0 amide bonds. The molecule has 1 heterocycles. The molecule has 2 atom stereocenters. The summed E-state index contributed by atoms with van der Waals surface area (Å²) >= 11 is 6.17. The molecule has 0 bridgehead atoms. The minimum absolute atomic E-state index is 0.0694. The lowest BCUT2D eigenvalue weighted by atomic mass is 10.1. The van der Waals surface area contributed by atoms with Crippen LogP contribution in [0, 0.1) is 17.6 Å².